The quantitative estimate of drug-likeness (QED) is 0.152. The van der Waals surface area contributed by atoms with Gasteiger partial charge in [0.15, 0.2) is 0 Å². The molecule has 0 saturated heterocycles. The Morgan fingerprint density at radius 1 is 0.359 bits per heavy atom. The lowest BCUT2D eigenvalue weighted by molar-refractivity contribution is 0.670. The van der Waals surface area contributed by atoms with Crippen molar-refractivity contribution in [2.45, 2.75) is 6.92 Å². The van der Waals surface area contributed by atoms with Crippen LogP contribution < -0.4 is 4.90 Å². The molecule has 2 heterocycles. The van der Waals surface area contributed by atoms with E-state index >= 15 is 0 Å². The Balaban J connectivity index is 1.13. The molecule has 12 aromatic rings. The van der Waals surface area contributed by atoms with Gasteiger partial charge in [0, 0.05) is 49.7 Å². The third-order valence-electron chi connectivity index (χ3n) is 12.7. The predicted molar refractivity (Wildman–Crippen MR) is 269 cm³/mol. The van der Waals surface area contributed by atoms with E-state index < -0.39 is 0 Å². The lowest BCUT2D eigenvalue weighted by Crippen LogP contribution is -2.12. The van der Waals surface area contributed by atoms with Crippen molar-refractivity contribution in [3.8, 4) is 50.2 Å². The van der Waals surface area contributed by atoms with Gasteiger partial charge in [-0.2, -0.15) is 0 Å². The number of anilines is 3. The third kappa shape index (κ3) is 6.37. The number of hydrogen-bond donors (Lipinski definition) is 0. The lowest BCUT2D eigenvalue weighted by atomic mass is 9.94. The minimum absolute atomic E-state index is 0.862. The summed E-state index contributed by atoms with van der Waals surface area (Å²) >= 11 is 0. The fourth-order valence-corrected chi connectivity index (χ4v) is 9.71. The fourth-order valence-electron chi connectivity index (χ4n) is 9.71. The van der Waals surface area contributed by atoms with Gasteiger partial charge in [-0.1, -0.05) is 170 Å². The van der Waals surface area contributed by atoms with Crippen LogP contribution in [0.15, 0.2) is 241 Å². The van der Waals surface area contributed by atoms with Crippen LogP contribution in [0.2, 0.25) is 0 Å². The first kappa shape index (κ1) is 37.4. The Kier molecular flexibility index (Phi) is 9.05. The molecule has 302 valence electrons. The molecule has 0 aliphatic rings. The van der Waals surface area contributed by atoms with Crippen molar-refractivity contribution in [3.63, 3.8) is 0 Å². The summed E-state index contributed by atoms with van der Waals surface area (Å²) in [4.78, 5) is 2.44. The van der Waals surface area contributed by atoms with Crippen LogP contribution in [0.3, 0.4) is 0 Å². The fraction of sp³-hybridized carbons (Fsp3) is 0.0164. The molecule has 0 aliphatic heterocycles. The van der Waals surface area contributed by atoms with Crippen LogP contribution in [-0.2, 0) is 0 Å². The average Bonchev–Trinajstić information content (AvgIpc) is 3.91. The summed E-state index contributed by atoms with van der Waals surface area (Å²) in [5.41, 5.74) is 18.7. The van der Waals surface area contributed by atoms with Gasteiger partial charge in [0.05, 0.1) is 16.7 Å². The van der Waals surface area contributed by atoms with Crippen LogP contribution in [0.5, 0.6) is 0 Å². The molecule has 0 bridgehead atoms. The van der Waals surface area contributed by atoms with Crippen LogP contribution >= 0.6 is 0 Å². The molecule has 0 amide bonds. The maximum Gasteiger partial charge on any atom is 0.143 e. The number of furan rings is 1. The molecule has 0 spiro atoms. The van der Waals surface area contributed by atoms with Crippen LogP contribution in [0.1, 0.15) is 5.56 Å². The molecule has 0 N–H and O–H groups in total. The van der Waals surface area contributed by atoms with E-state index in [0.717, 1.165) is 72.5 Å². The van der Waals surface area contributed by atoms with E-state index in [1.165, 1.54) is 44.1 Å². The Morgan fingerprint density at radius 2 is 0.953 bits per heavy atom. The molecule has 0 aliphatic carbocycles. The van der Waals surface area contributed by atoms with E-state index in [0.29, 0.717) is 0 Å². The minimum Gasteiger partial charge on any atom is -0.455 e. The highest BCUT2D eigenvalue weighted by atomic mass is 16.3. The van der Waals surface area contributed by atoms with E-state index in [4.69, 9.17) is 4.42 Å². The van der Waals surface area contributed by atoms with Crippen LogP contribution in [0, 0.1) is 6.92 Å². The van der Waals surface area contributed by atoms with Gasteiger partial charge in [-0.3, -0.25) is 0 Å². The molecule has 10 aromatic carbocycles. The molecule has 0 radical (unpaired) electrons. The van der Waals surface area contributed by atoms with Gasteiger partial charge in [0.1, 0.15) is 11.2 Å². The maximum absolute atomic E-state index is 6.87. The van der Waals surface area contributed by atoms with Gasteiger partial charge < -0.3 is 13.9 Å². The van der Waals surface area contributed by atoms with Crippen molar-refractivity contribution < 1.29 is 4.42 Å². The Labute approximate surface area is 372 Å². The summed E-state index contributed by atoms with van der Waals surface area (Å²) in [6.45, 7) is 2.22. The third-order valence-corrected chi connectivity index (χ3v) is 12.7. The number of aryl methyl sites for hydroxylation is 1. The van der Waals surface area contributed by atoms with Gasteiger partial charge in [0.2, 0.25) is 0 Å². The summed E-state index contributed by atoms with van der Waals surface area (Å²) in [5, 5.41) is 4.62. The Bertz CT molecular complexity index is 3620. The van der Waals surface area contributed by atoms with Gasteiger partial charge >= 0.3 is 0 Å². The SMILES string of the molecule is Cc1cc(N(c2cc(-c3cccc(-n4c5ccccc5c5ccccc54)c3)c3oc4ccccc4c3c2)c2ccc(-c3ccccc3)cc2-c2ccccc2)ccc1-c1ccccc1. The molecule has 3 heteroatoms. The molecule has 0 saturated carbocycles. The second kappa shape index (κ2) is 15.5. The molecule has 2 aromatic heterocycles. The molecule has 0 atom stereocenters. The number of rotatable bonds is 8. The highest BCUT2D eigenvalue weighted by Crippen LogP contribution is 2.48. The highest BCUT2D eigenvalue weighted by molar-refractivity contribution is 6.13. The van der Waals surface area contributed by atoms with Gasteiger partial charge in [0.25, 0.3) is 0 Å². The first-order valence-corrected chi connectivity index (χ1v) is 21.9. The number of fused-ring (bicyclic) bond motifs is 6. The van der Waals surface area contributed by atoms with Crippen molar-refractivity contribution >= 4 is 60.8 Å². The first-order valence-electron chi connectivity index (χ1n) is 21.9. The molecular formula is C61H42N2O. The van der Waals surface area contributed by atoms with Crippen LogP contribution in [0.25, 0.3) is 93.9 Å². The standard InChI is InChI=1S/C61H42N2O/c1-41-36-48(33-34-50(41)43-20-7-3-8-21-43)62(59-35-32-45(42-18-5-2-6-19-42)38-54(59)44-22-9-4-10-23-44)49-39-55(61-56(40-49)53-28-13-16-31-60(53)64-61)46-24-17-25-47(37-46)63-57-29-14-11-26-51(57)52-27-12-15-30-58(52)63/h2-40H,1H3. The zero-order valence-corrected chi connectivity index (χ0v) is 35.3. The summed E-state index contributed by atoms with van der Waals surface area (Å²) in [6, 6.07) is 85.3. The Hall–Kier alpha value is -8.40. The zero-order chi connectivity index (χ0) is 42.6. The number of para-hydroxylation sites is 3. The number of benzene rings is 10. The van der Waals surface area contributed by atoms with Crippen LogP contribution in [0.4, 0.5) is 17.1 Å². The highest BCUT2D eigenvalue weighted by Gasteiger charge is 2.24. The zero-order valence-electron chi connectivity index (χ0n) is 35.3. The van der Waals surface area contributed by atoms with Crippen molar-refractivity contribution in [2.24, 2.45) is 0 Å². The predicted octanol–water partition coefficient (Wildman–Crippen LogP) is 17.1. The summed E-state index contributed by atoms with van der Waals surface area (Å²) in [5.74, 6) is 0. The molecular weight excluding hydrogens is 777 g/mol. The van der Waals surface area contributed by atoms with E-state index in [1.807, 2.05) is 0 Å². The average molecular weight is 819 g/mol. The van der Waals surface area contributed by atoms with Crippen molar-refractivity contribution in [3.05, 3.63) is 242 Å². The van der Waals surface area contributed by atoms with Crippen molar-refractivity contribution in [1.82, 2.24) is 4.57 Å². The van der Waals surface area contributed by atoms with Crippen molar-refractivity contribution in [2.75, 3.05) is 4.90 Å². The summed E-state index contributed by atoms with van der Waals surface area (Å²) in [6.07, 6.45) is 0. The monoisotopic (exact) mass is 818 g/mol. The van der Waals surface area contributed by atoms with Crippen molar-refractivity contribution in [1.29, 1.82) is 0 Å². The second-order valence-corrected chi connectivity index (χ2v) is 16.6. The summed E-state index contributed by atoms with van der Waals surface area (Å²) < 4.78 is 9.26. The molecule has 0 unspecified atom stereocenters. The van der Waals surface area contributed by atoms with E-state index in [2.05, 4.69) is 253 Å². The summed E-state index contributed by atoms with van der Waals surface area (Å²) in [7, 11) is 0. The number of nitrogens with zero attached hydrogens (tertiary/aromatic N) is 2. The molecule has 64 heavy (non-hydrogen) atoms. The van der Waals surface area contributed by atoms with E-state index in [9.17, 15) is 0 Å². The van der Waals surface area contributed by atoms with Gasteiger partial charge in [-0.25, -0.2) is 0 Å². The lowest BCUT2D eigenvalue weighted by Gasteiger charge is -2.29. The topological polar surface area (TPSA) is 21.3 Å². The molecule has 12 rings (SSSR count). The largest absolute Gasteiger partial charge is 0.455 e. The first-order chi connectivity index (χ1) is 31.7. The molecule has 0 fully saturated rings. The normalized spacial score (nSPS) is 11.5. The second-order valence-electron chi connectivity index (χ2n) is 16.6. The van der Waals surface area contributed by atoms with Gasteiger partial charge in [-0.15, -0.1) is 0 Å². The van der Waals surface area contributed by atoms with E-state index in [1.54, 1.807) is 0 Å². The van der Waals surface area contributed by atoms with Gasteiger partial charge in [-0.05, 0) is 113 Å². The van der Waals surface area contributed by atoms with E-state index in [-0.39, 0.29) is 0 Å². The molecule has 3 nitrogen and oxygen atoms in total. The smallest absolute Gasteiger partial charge is 0.143 e. The van der Waals surface area contributed by atoms with Crippen LogP contribution in [-0.4, -0.2) is 4.57 Å². The maximum atomic E-state index is 6.87. The number of hydrogen-bond acceptors (Lipinski definition) is 2. The number of aromatic nitrogens is 1. The Morgan fingerprint density at radius 3 is 1.64 bits per heavy atom. The minimum atomic E-state index is 0.862.